The minimum Gasteiger partial charge on any atom is -0.357 e. The number of hydrogen-bond donors (Lipinski definition) is 1. The van der Waals surface area contributed by atoms with Crippen molar-refractivity contribution < 1.29 is 35.9 Å². The number of ether oxygens (including phenoxy) is 1. The largest absolute Gasteiger partial charge is 0.405 e. The third kappa shape index (κ3) is 7.65. The first kappa shape index (κ1) is 32.3. The molecule has 1 heterocycles. The highest BCUT2D eigenvalue weighted by Gasteiger charge is 2.52. The average Bonchev–Trinajstić information content (AvgIpc) is 3.72. The molecule has 42 heavy (non-hydrogen) atoms. The molecule has 2 aliphatic rings. The fourth-order valence-electron chi connectivity index (χ4n) is 5.21. The van der Waals surface area contributed by atoms with E-state index >= 15 is 0 Å². The van der Waals surface area contributed by atoms with Gasteiger partial charge in [0.2, 0.25) is 5.91 Å². The highest BCUT2D eigenvalue weighted by Crippen LogP contribution is 2.48. The number of sulfone groups is 1. The molecule has 2 aromatic rings. The Labute approximate surface area is 249 Å². The van der Waals surface area contributed by atoms with E-state index in [9.17, 15) is 31.2 Å². The highest BCUT2D eigenvalue weighted by molar-refractivity contribution is 7.92. The molecule has 1 saturated carbocycles. The van der Waals surface area contributed by atoms with Crippen molar-refractivity contribution in [3.8, 4) is 0 Å². The number of nitrogens with one attached hydrogen (secondary N) is 1. The first-order valence-corrected chi connectivity index (χ1v) is 15.9. The molecule has 1 saturated heterocycles. The van der Waals surface area contributed by atoms with Crippen LogP contribution in [0.15, 0.2) is 48.5 Å². The van der Waals surface area contributed by atoms with E-state index in [-0.39, 0.29) is 11.7 Å². The molecule has 1 N–H and O–H groups in total. The summed E-state index contributed by atoms with van der Waals surface area (Å²) in [6, 6.07) is 12.7. The molecule has 2 fully saturated rings. The zero-order chi connectivity index (χ0) is 31.0. The first-order chi connectivity index (χ1) is 19.5. The van der Waals surface area contributed by atoms with E-state index in [0.717, 1.165) is 5.56 Å². The lowest BCUT2D eigenvalue weighted by atomic mass is 9.89. The number of alkyl halides is 3. The fraction of sp³-hybridized carbons (Fsp3) is 0.533. The maximum atomic E-state index is 14.2. The van der Waals surface area contributed by atoms with E-state index < -0.39 is 69.8 Å². The number of halogens is 4. The van der Waals surface area contributed by atoms with Crippen LogP contribution < -0.4 is 5.32 Å². The molecule has 2 amide bonds. The molecular weight excluding hydrogens is 593 g/mol. The van der Waals surface area contributed by atoms with E-state index in [2.05, 4.69) is 0 Å². The summed E-state index contributed by atoms with van der Waals surface area (Å²) in [5, 5.41) is 2.28. The van der Waals surface area contributed by atoms with Crippen molar-refractivity contribution in [2.75, 3.05) is 12.3 Å². The third-order valence-electron chi connectivity index (χ3n) is 7.71. The molecule has 0 radical (unpaired) electrons. The van der Waals surface area contributed by atoms with Crippen LogP contribution in [-0.2, 0) is 24.2 Å². The molecule has 1 aliphatic carbocycles. The van der Waals surface area contributed by atoms with Crippen LogP contribution in [0.1, 0.15) is 68.9 Å². The Bertz CT molecular complexity index is 1410. The molecule has 0 aromatic heterocycles. The molecule has 230 valence electrons. The smallest absolute Gasteiger partial charge is 0.357 e. The van der Waals surface area contributed by atoms with Crippen LogP contribution >= 0.6 is 11.6 Å². The van der Waals surface area contributed by atoms with Gasteiger partial charge in [0.05, 0.1) is 23.0 Å². The standard InChI is InChI=1S/C30H36ClF3N2O5S/c1-18-6-5-7-21(14-18)27-26(20-10-12-22(31)13-11-20)36(23(19-8-9-19)16-42(39,40)29(2,3)4)28(38)24(41-27)15-25(37)35-17-30(32,33)34/h5-7,10-14,19,23-24,26-27H,8-9,15-17H2,1-4H3,(H,35,37)/t23-,24+,26-,27-/m1/s1. The number of aryl methyl sites for hydroxylation is 1. The van der Waals surface area contributed by atoms with Gasteiger partial charge in [-0.15, -0.1) is 0 Å². The Kier molecular flexibility index (Phi) is 9.35. The summed E-state index contributed by atoms with van der Waals surface area (Å²) >= 11 is 6.18. The second-order valence-electron chi connectivity index (χ2n) is 12.1. The van der Waals surface area contributed by atoms with Gasteiger partial charge < -0.3 is 15.0 Å². The molecule has 4 rings (SSSR count). The van der Waals surface area contributed by atoms with Crippen LogP contribution in [-0.4, -0.2) is 60.5 Å². The summed E-state index contributed by atoms with van der Waals surface area (Å²) in [5.74, 6) is -2.03. The summed E-state index contributed by atoms with van der Waals surface area (Å²) in [6.45, 7) is 5.16. The van der Waals surface area contributed by atoms with Crippen LogP contribution in [0, 0.1) is 12.8 Å². The minimum atomic E-state index is -4.62. The molecule has 0 unspecified atom stereocenters. The Balaban J connectivity index is 1.83. The van der Waals surface area contributed by atoms with Gasteiger partial charge in [0.15, 0.2) is 9.84 Å². The van der Waals surface area contributed by atoms with Crippen molar-refractivity contribution in [1.82, 2.24) is 10.2 Å². The average molecular weight is 629 g/mol. The molecule has 0 spiro atoms. The summed E-state index contributed by atoms with van der Waals surface area (Å²) in [4.78, 5) is 28.4. The number of nitrogens with zero attached hydrogens (tertiary/aromatic N) is 1. The van der Waals surface area contributed by atoms with Crippen LogP contribution in [0.4, 0.5) is 13.2 Å². The molecule has 12 heteroatoms. The van der Waals surface area contributed by atoms with E-state index in [1.54, 1.807) is 45.0 Å². The molecule has 2 aromatic carbocycles. The lowest BCUT2D eigenvalue weighted by molar-refractivity contribution is -0.181. The normalized spacial score (nSPS) is 22.6. The van der Waals surface area contributed by atoms with Crippen molar-refractivity contribution in [2.24, 2.45) is 5.92 Å². The highest BCUT2D eigenvalue weighted by atomic mass is 35.5. The molecule has 1 aliphatic heterocycles. The van der Waals surface area contributed by atoms with Gasteiger partial charge in [0, 0.05) is 11.1 Å². The second kappa shape index (κ2) is 12.2. The monoisotopic (exact) mass is 628 g/mol. The van der Waals surface area contributed by atoms with Gasteiger partial charge in [0.1, 0.15) is 18.8 Å². The van der Waals surface area contributed by atoms with Crippen LogP contribution in [0.25, 0.3) is 0 Å². The molecule has 0 bridgehead atoms. The van der Waals surface area contributed by atoms with Gasteiger partial charge in [-0.1, -0.05) is 53.6 Å². The number of carbonyl (C=O) groups excluding carboxylic acids is 2. The van der Waals surface area contributed by atoms with Gasteiger partial charge in [-0.2, -0.15) is 13.2 Å². The summed E-state index contributed by atoms with van der Waals surface area (Å²) in [6.07, 6.45) is -6.11. The fourth-order valence-corrected chi connectivity index (χ4v) is 6.71. The Morgan fingerprint density at radius 2 is 1.74 bits per heavy atom. The lowest BCUT2D eigenvalue weighted by Gasteiger charge is -2.48. The van der Waals surface area contributed by atoms with E-state index in [0.29, 0.717) is 29.0 Å². The first-order valence-electron chi connectivity index (χ1n) is 13.8. The Morgan fingerprint density at radius 1 is 1.10 bits per heavy atom. The number of hydrogen-bond acceptors (Lipinski definition) is 5. The van der Waals surface area contributed by atoms with Crippen molar-refractivity contribution >= 4 is 33.3 Å². The van der Waals surface area contributed by atoms with Crippen LogP contribution in [0.5, 0.6) is 0 Å². The van der Waals surface area contributed by atoms with Gasteiger partial charge in [-0.25, -0.2) is 8.42 Å². The van der Waals surface area contributed by atoms with Crippen LogP contribution in [0.2, 0.25) is 5.02 Å². The Morgan fingerprint density at radius 3 is 2.29 bits per heavy atom. The molecular formula is C30H36ClF3N2O5S. The topological polar surface area (TPSA) is 92.8 Å². The van der Waals surface area contributed by atoms with E-state index in [1.165, 1.54) is 4.90 Å². The molecule has 4 atom stereocenters. The Hall–Kier alpha value is -2.63. The van der Waals surface area contributed by atoms with Crippen molar-refractivity contribution in [1.29, 1.82) is 0 Å². The van der Waals surface area contributed by atoms with E-state index in [1.807, 2.05) is 36.5 Å². The van der Waals surface area contributed by atoms with E-state index in [4.69, 9.17) is 16.3 Å². The summed E-state index contributed by atoms with van der Waals surface area (Å²) in [7, 11) is -3.70. The maximum absolute atomic E-state index is 14.2. The lowest BCUT2D eigenvalue weighted by Crippen LogP contribution is -2.58. The summed E-state index contributed by atoms with van der Waals surface area (Å²) in [5.41, 5.74) is 2.24. The van der Waals surface area contributed by atoms with Crippen molar-refractivity contribution in [3.05, 3.63) is 70.2 Å². The van der Waals surface area contributed by atoms with Crippen molar-refractivity contribution in [2.45, 2.75) is 82.2 Å². The number of amides is 2. The number of benzene rings is 2. The SMILES string of the molecule is Cc1cccc([C@H]2O[C@@H](CC(=O)NCC(F)(F)F)C(=O)N([C@H](CS(=O)(=O)C(C)(C)C)C3CC3)[C@@H]2c2ccc(Cl)cc2)c1. The number of carbonyl (C=O) groups is 2. The predicted octanol–water partition coefficient (Wildman–Crippen LogP) is 5.72. The third-order valence-corrected chi connectivity index (χ3v) is 10.6. The van der Waals surface area contributed by atoms with Crippen molar-refractivity contribution in [3.63, 3.8) is 0 Å². The zero-order valence-electron chi connectivity index (χ0n) is 23.9. The number of morpholine rings is 1. The minimum absolute atomic E-state index is 0.100. The maximum Gasteiger partial charge on any atom is 0.405 e. The second-order valence-corrected chi connectivity index (χ2v) is 15.3. The quantitative estimate of drug-likeness (QED) is 0.384. The van der Waals surface area contributed by atoms with Gasteiger partial charge in [0.25, 0.3) is 5.91 Å². The molecule has 7 nitrogen and oxygen atoms in total. The number of rotatable bonds is 9. The predicted molar refractivity (Wildman–Crippen MR) is 154 cm³/mol. The van der Waals surface area contributed by atoms with Gasteiger partial charge in [-0.05, 0) is 69.7 Å². The van der Waals surface area contributed by atoms with Gasteiger partial charge >= 0.3 is 6.18 Å². The summed E-state index contributed by atoms with van der Waals surface area (Å²) < 4.78 is 70.6. The van der Waals surface area contributed by atoms with Crippen LogP contribution in [0.3, 0.4) is 0 Å². The van der Waals surface area contributed by atoms with Gasteiger partial charge in [-0.3, -0.25) is 9.59 Å². The zero-order valence-corrected chi connectivity index (χ0v) is 25.5.